The molecule has 3 rings (SSSR count). The highest BCUT2D eigenvalue weighted by atomic mass is 16.5. The number of likely N-dealkylation sites (tertiary alicyclic amines) is 1. The molecule has 0 atom stereocenters. The summed E-state index contributed by atoms with van der Waals surface area (Å²) in [6.07, 6.45) is 2.14. The molecule has 2 fully saturated rings. The van der Waals surface area contributed by atoms with Crippen LogP contribution in [0.25, 0.3) is 0 Å². The van der Waals surface area contributed by atoms with Crippen LogP contribution in [-0.2, 0) is 11.2 Å². The average Bonchev–Trinajstić information content (AvgIpc) is 3.02. The van der Waals surface area contributed by atoms with Crippen LogP contribution in [0, 0.1) is 0 Å². The summed E-state index contributed by atoms with van der Waals surface area (Å²) in [7, 11) is 1.63. The summed E-state index contributed by atoms with van der Waals surface area (Å²) in [6, 6.07) is 7.91. The minimum Gasteiger partial charge on any atom is -0.497 e. The molecule has 0 aliphatic carbocycles. The number of carbonyl (C=O) groups excluding carboxylic acids is 2. The number of carbonyl (C=O) groups is 2. The monoisotopic (exact) mass is 317 g/mol. The van der Waals surface area contributed by atoms with Crippen molar-refractivity contribution >= 4 is 11.9 Å². The zero-order valence-corrected chi connectivity index (χ0v) is 13.5. The molecule has 0 spiro atoms. The van der Waals surface area contributed by atoms with Crippen LogP contribution < -0.4 is 10.1 Å². The van der Waals surface area contributed by atoms with E-state index in [-0.39, 0.29) is 18.0 Å². The van der Waals surface area contributed by atoms with E-state index in [0.29, 0.717) is 6.42 Å². The van der Waals surface area contributed by atoms with Crippen molar-refractivity contribution in [3.8, 4) is 5.75 Å². The van der Waals surface area contributed by atoms with Gasteiger partial charge in [-0.15, -0.1) is 0 Å². The van der Waals surface area contributed by atoms with E-state index in [9.17, 15) is 9.59 Å². The first-order valence-corrected chi connectivity index (χ1v) is 8.12. The molecule has 2 saturated heterocycles. The van der Waals surface area contributed by atoms with Gasteiger partial charge in [-0.2, -0.15) is 0 Å². The highest BCUT2D eigenvalue weighted by Crippen LogP contribution is 2.19. The third kappa shape index (κ3) is 3.57. The average molecular weight is 317 g/mol. The molecule has 1 N–H and O–H groups in total. The van der Waals surface area contributed by atoms with Gasteiger partial charge in [-0.3, -0.25) is 4.79 Å². The summed E-state index contributed by atoms with van der Waals surface area (Å²) in [4.78, 5) is 27.9. The number of urea groups is 1. The molecular formula is C17H23N3O3. The maximum Gasteiger partial charge on any atom is 0.317 e. The van der Waals surface area contributed by atoms with E-state index in [2.05, 4.69) is 5.32 Å². The minimum atomic E-state index is 0.0352. The molecule has 2 heterocycles. The SMILES string of the molecule is COc1ccc(CC(=O)N2CCC(N3CCNC3=O)CC2)cc1. The van der Waals surface area contributed by atoms with E-state index >= 15 is 0 Å². The number of ether oxygens (including phenoxy) is 1. The zero-order valence-electron chi connectivity index (χ0n) is 13.5. The van der Waals surface area contributed by atoms with Crippen LogP contribution in [-0.4, -0.2) is 61.1 Å². The minimum absolute atomic E-state index is 0.0352. The Kier molecular flexibility index (Phi) is 4.69. The van der Waals surface area contributed by atoms with Gasteiger partial charge in [0.05, 0.1) is 13.5 Å². The van der Waals surface area contributed by atoms with Crippen molar-refractivity contribution in [2.45, 2.75) is 25.3 Å². The van der Waals surface area contributed by atoms with Gasteiger partial charge in [-0.25, -0.2) is 4.79 Å². The maximum atomic E-state index is 12.4. The van der Waals surface area contributed by atoms with Gasteiger partial charge in [0.15, 0.2) is 0 Å². The Morgan fingerprint density at radius 1 is 1.22 bits per heavy atom. The Balaban J connectivity index is 1.50. The van der Waals surface area contributed by atoms with E-state index < -0.39 is 0 Å². The van der Waals surface area contributed by atoms with Crippen LogP contribution >= 0.6 is 0 Å². The second-order valence-electron chi connectivity index (χ2n) is 6.06. The van der Waals surface area contributed by atoms with E-state index in [1.165, 1.54) is 0 Å². The lowest BCUT2D eigenvalue weighted by molar-refractivity contribution is -0.131. The van der Waals surface area contributed by atoms with E-state index in [4.69, 9.17) is 4.74 Å². The predicted molar refractivity (Wildman–Crippen MR) is 86.4 cm³/mol. The molecule has 1 aromatic rings. The van der Waals surface area contributed by atoms with Crippen molar-refractivity contribution < 1.29 is 14.3 Å². The van der Waals surface area contributed by atoms with Gasteiger partial charge < -0.3 is 19.9 Å². The molecule has 0 bridgehead atoms. The molecule has 0 radical (unpaired) electrons. The van der Waals surface area contributed by atoms with Gasteiger partial charge in [-0.1, -0.05) is 12.1 Å². The topological polar surface area (TPSA) is 61.9 Å². The first kappa shape index (κ1) is 15.6. The maximum absolute atomic E-state index is 12.4. The number of benzene rings is 1. The molecule has 1 aromatic carbocycles. The smallest absolute Gasteiger partial charge is 0.317 e. The molecule has 23 heavy (non-hydrogen) atoms. The first-order chi connectivity index (χ1) is 11.2. The fraction of sp³-hybridized carbons (Fsp3) is 0.529. The predicted octanol–water partition coefficient (Wildman–Crippen LogP) is 1.25. The van der Waals surface area contributed by atoms with Crippen LogP contribution in [0.3, 0.4) is 0 Å². The molecule has 0 saturated carbocycles. The summed E-state index contributed by atoms with van der Waals surface area (Å²) in [5, 5.41) is 2.84. The molecule has 6 heteroatoms. The quantitative estimate of drug-likeness (QED) is 0.909. The number of hydrogen-bond donors (Lipinski definition) is 1. The summed E-state index contributed by atoms with van der Waals surface area (Å²) < 4.78 is 5.13. The Bertz CT molecular complexity index is 565. The van der Waals surface area contributed by atoms with Gasteiger partial charge in [0, 0.05) is 32.2 Å². The first-order valence-electron chi connectivity index (χ1n) is 8.12. The number of nitrogens with zero attached hydrogens (tertiary/aromatic N) is 2. The molecule has 6 nitrogen and oxygen atoms in total. The Hall–Kier alpha value is -2.24. The van der Waals surface area contributed by atoms with Crippen molar-refractivity contribution in [3.05, 3.63) is 29.8 Å². The largest absolute Gasteiger partial charge is 0.497 e. The fourth-order valence-corrected chi connectivity index (χ4v) is 3.29. The lowest BCUT2D eigenvalue weighted by Crippen LogP contribution is -2.48. The van der Waals surface area contributed by atoms with Gasteiger partial charge in [0.1, 0.15) is 5.75 Å². The van der Waals surface area contributed by atoms with Crippen molar-refractivity contribution in [1.82, 2.24) is 15.1 Å². The highest BCUT2D eigenvalue weighted by molar-refractivity contribution is 5.79. The molecule has 124 valence electrons. The van der Waals surface area contributed by atoms with Crippen LogP contribution in [0.1, 0.15) is 18.4 Å². The molecule has 2 aliphatic rings. The number of piperidine rings is 1. The summed E-state index contributed by atoms with van der Waals surface area (Å²) in [5.41, 5.74) is 0.997. The lowest BCUT2D eigenvalue weighted by atomic mass is 10.0. The number of rotatable bonds is 4. The van der Waals surface area contributed by atoms with Gasteiger partial charge in [-0.05, 0) is 30.5 Å². The van der Waals surface area contributed by atoms with Gasteiger partial charge in [0.25, 0.3) is 0 Å². The van der Waals surface area contributed by atoms with Crippen molar-refractivity contribution in [2.75, 3.05) is 33.3 Å². The van der Waals surface area contributed by atoms with Crippen LogP contribution in [0.15, 0.2) is 24.3 Å². The van der Waals surface area contributed by atoms with Crippen molar-refractivity contribution in [3.63, 3.8) is 0 Å². The fourth-order valence-electron chi connectivity index (χ4n) is 3.29. The van der Waals surface area contributed by atoms with E-state index in [1.807, 2.05) is 34.1 Å². The van der Waals surface area contributed by atoms with Gasteiger partial charge in [0.2, 0.25) is 5.91 Å². The number of amides is 3. The summed E-state index contributed by atoms with van der Waals surface area (Å²) in [5.74, 6) is 0.949. The second-order valence-corrected chi connectivity index (χ2v) is 6.06. The molecule has 2 aliphatic heterocycles. The summed E-state index contributed by atoms with van der Waals surface area (Å²) >= 11 is 0. The Morgan fingerprint density at radius 3 is 2.48 bits per heavy atom. The number of methoxy groups -OCH3 is 1. The van der Waals surface area contributed by atoms with E-state index in [0.717, 1.165) is 50.3 Å². The van der Waals surface area contributed by atoms with Crippen molar-refractivity contribution in [1.29, 1.82) is 0 Å². The highest BCUT2D eigenvalue weighted by Gasteiger charge is 2.31. The molecular weight excluding hydrogens is 294 g/mol. The van der Waals surface area contributed by atoms with Crippen LogP contribution in [0.5, 0.6) is 5.75 Å². The van der Waals surface area contributed by atoms with Crippen molar-refractivity contribution in [2.24, 2.45) is 0 Å². The third-order valence-electron chi connectivity index (χ3n) is 4.66. The Morgan fingerprint density at radius 2 is 1.91 bits per heavy atom. The lowest BCUT2D eigenvalue weighted by Gasteiger charge is -2.36. The number of nitrogens with one attached hydrogen (secondary N) is 1. The molecule has 0 unspecified atom stereocenters. The van der Waals surface area contributed by atoms with Gasteiger partial charge >= 0.3 is 6.03 Å². The second kappa shape index (κ2) is 6.89. The third-order valence-corrected chi connectivity index (χ3v) is 4.66. The van der Waals surface area contributed by atoms with Crippen LogP contribution in [0.2, 0.25) is 0 Å². The van der Waals surface area contributed by atoms with Crippen LogP contribution in [0.4, 0.5) is 4.79 Å². The number of hydrogen-bond acceptors (Lipinski definition) is 3. The normalized spacial score (nSPS) is 18.9. The molecule has 0 aromatic heterocycles. The zero-order chi connectivity index (χ0) is 16.2. The Labute approximate surface area is 136 Å². The molecule has 3 amide bonds. The summed E-state index contributed by atoms with van der Waals surface area (Å²) in [6.45, 7) is 2.96. The van der Waals surface area contributed by atoms with E-state index in [1.54, 1.807) is 7.11 Å². The standard InChI is InChI=1S/C17H23N3O3/c1-23-15-4-2-13(3-5-15)12-16(21)19-9-6-14(7-10-19)20-11-8-18-17(20)22/h2-5,14H,6-12H2,1H3,(H,18,22).